The molecule has 1 aliphatic carbocycles. The quantitative estimate of drug-likeness (QED) is 0.772. The van der Waals surface area contributed by atoms with Crippen LogP contribution in [0.15, 0.2) is 0 Å². The Hall–Kier alpha value is -0.0800. The van der Waals surface area contributed by atoms with E-state index < -0.39 is 0 Å². The minimum absolute atomic E-state index is 0.824. The van der Waals surface area contributed by atoms with E-state index >= 15 is 0 Å². The fourth-order valence-corrected chi connectivity index (χ4v) is 3.21. The molecular weight excluding hydrogens is 196 g/mol. The Bertz CT molecular complexity index is 179. The van der Waals surface area contributed by atoms with E-state index in [1.807, 2.05) is 0 Å². The number of nitrogens with zero attached hydrogens (tertiary/aromatic N) is 1. The maximum Gasteiger partial charge on any atom is 0.0107 e. The summed E-state index contributed by atoms with van der Waals surface area (Å²) in [6, 6.07) is 0.824. The Morgan fingerprint density at radius 2 is 1.75 bits per heavy atom. The predicted octanol–water partition coefficient (Wildman–Crippen LogP) is 2.64. The predicted molar refractivity (Wildman–Crippen MR) is 69.7 cm³/mol. The highest BCUT2D eigenvalue weighted by molar-refractivity contribution is 4.77. The molecule has 1 saturated carbocycles. The molecule has 0 aromatic heterocycles. The van der Waals surface area contributed by atoms with Gasteiger partial charge in [0, 0.05) is 19.1 Å². The summed E-state index contributed by atoms with van der Waals surface area (Å²) in [5.74, 6) is 1.02. The molecule has 94 valence electrons. The van der Waals surface area contributed by atoms with Crippen LogP contribution in [0.4, 0.5) is 0 Å². The maximum absolute atomic E-state index is 3.75. The van der Waals surface area contributed by atoms with Crippen LogP contribution < -0.4 is 5.32 Å². The summed E-state index contributed by atoms with van der Waals surface area (Å²) in [5, 5.41) is 3.75. The topological polar surface area (TPSA) is 15.3 Å². The van der Waals surface area contributed by atoms with Gasteiger partial charge < -0.3 is 10.2 Å². The molecule has 0 radical (unpaired) electrons. The molecule has 2 heteroatoms. The van der Waals surface area contributed by atoms with Crippen LogP contribution in [0.1, 0.15) is 51.9 Å². The number of hydrogen-bond donors (Lipinski definition) is 1. The first-order valence-corrected chi connectivity index (χ1v) is 7.34. The van der Waals surface area contributed by atoms with Crippen molar-refractivity contribution < 1.29 is 0 Å². The van der Waals surface area contributed by atoms with Crippen LogP contribution in [0.25, 0.3) is 0 Å². The highest BCUT2D eigenvalue weighted by atomic mass is 15.2. The second-order valence-corrected chi connectivity index (χ2v) is 5.63. The van der Waals surface area contributed by atoms with E-state index in [1.54, 1.807) is 0 Å². The van der Waals surface area contributed by atoms with Crippen LogP contribution in [0, 0.1) is 5.92 Å². The Morgan fingerprint density at radius 1 is 1.06 bits per heavy atom. The van der Waals surface area contributed by atoms with Crippen molar-refractivity contribution in [2.45, 2.75) is 57.9 Å². The second kappa shape index (κ2) is 6.61. The summed E-state index contributed by atoms with van der Waals surface area (Å²) in [7, 11) is 0. The molecule has 0 aromatic carbocycles. The average Bonchev–Trinajstić information content (AvgIpc) is 2.83. The summed E-state index contributed by atoms with van der Waals surface area (Å²) in [5.41, 5.74) is 0. The van der Waals surface area contributed by atoms with E-state index in [1.165, 1.54) is 71.1 Å². The van der Waals surface area contributed by atoms with Gasteiger partial charge in [0.05, 0.1) is 0 Å². The van der Waals surface area contributed by atoms with Gasteiger partial charge in [0.15, 0.2) is 0 Å². The molecule has 0 amide bonds. The van der Waals surface area contributed by atoms with Crippen molar-refractivity contribution in [2.75, 3.05) is 26.2 Å². The molecule has 2 aliphatic rings. The van der Waals surface area contributed by atoms with Crippen LogP contribution in [0.3, 0.4) is 0 Å². The smallest absolute Gasteiger partial charge is 0.0107 e. The molecule has 0 aromatic rings. The Labute approximate surface area is 101 Å². The van der Waals surface area contributed by atoms with Gasteiger partial charge in [-0.2, -0.15) is 0 Å². The van der Waals surface area contributed by atoms with Crippen molar-refractivity contribution in [3.8, 4) is 0 Å². The number of rotatable bonds is 5. The molecule has 2 nitrogen and oxygen atoms in total. The van der Waals surface area contributed by atoms with E-state index in [2.05, 4.69) is 17.1 Å². The molecule has 2 rings (SSSR count). The Kier molecular flexibility index (Phi) is 5.11. The van der Waals surface area contributed by atoms with E-state index in [-0.39, 0.29) is 0 Å². The molecule has 1 N–H and O–H groups in total. The SMILES string of the molecule is CCC1CCC(NCCN2CCCC2)CC1. The molecule has 16 heavy (non-hydrogen) atoms. The first-order chi connectivity index (χ1) is 7.88. The van der Waals surface area contributed by atoms with Crippen molar-refractivity contribution in [1.29, 1.82) is 0 Å². The summed E-state index contributed by atoms with van der Waals surface area (Å²) in [6.45, 7) is 7.50. The zero-order valence-electron chi connectivity index (χ0n) is 10.9. The lowest BCUT2D eigenvalue weighted by Crippen LogP contribution is -2.38. The van der Waals surface area contributed by atoms with Gasteiger partial charge in [0.2, 0.25) is 0 Å². The molecular formula is C14H28N2. The van der Waals surface area contributed by atoms with Crippen molar-refractivity contribution in [3.63, 3.8) is 0 Å². The van der Waals surface area contributed by atoms with Crippen molar-refractivity contribution in [2.24, 2.45) is 5.92 Å². The van der Waals surface area contributed by atoms with E-state index in [4.69, 9.17) is 0 Å². The molecule has 0 bridgehead atoms. The van der Waals surface area contributed by atoms with Gasteiger partial charge in [-0.25, -0.2) is 0 Å². The van der Waals surface area contributed by atoms with Gasteiger partial charge in [0.25, 0.3) is 0 Å². The van der Waals surface area contributed by atoms with Crippen molar-refractivity contribution in [1.82, 2.24) is 10.2 Å². The first kappa shape index (κ1) is 12.4. The third-order valence-electron chi connectivity index (χ3n) is 4.48. The maximum atomic E-state index is 3.75. The van der Waals surface area contributed by atoms with Crippen LogP contribution >= 0.6 is 0 Å². The summed E-state index contributed by atoms with van der Waals surface area (Å²) < 4.78 is 0. The third kappa shape index (κ3) is 3.74. The van der Waals surface area contributed by atoms with E-state index in [9.17, 15) is 0 Å². The van der Waals surface area contributed by atoms with Crippen LogP contribution in [-0.4, -0.2) is 37.1 Å². The molecule has 0 atom stereocenters. The lowest BCUT2D eigenvalue weighted by Gasteiger charge is -2.29. The van der Waals surface area contributed by atoms with Crippen LogP contribution in [0.2, 0.25) is 0 Å². The Balaban J connectivity index is 1.53. The number of hydrogen-bond acceptors (Lipinski definition) is 2. The minimum atomic E-state index is 0.824. The van der Waals surface area contributed by atoms with Gasteiger partial charge in [-0.1, -0.05) is 13.3 Å². The first-order valence-electron chi connectivity index (χ1n) is 7.34. The monoisotopic (exact) mass is 224 g/mol. The third-order valence-corrected chi connectivity index (χ3v) is 4.48. The molecule has 0 spiro atoms. The lowest BCUT2D eigenvalue weighted by atomic mass is 9.84. The normalized spacial score (nSPS) is 32.1. The second-order valence-electron chi connectivity index (χ2n) is 5.63. The van der Waals surface area contributed by atoms with Crippen LogP contribution in [0.5, 0.6) is 0 Å². The zero-order chi connectivity index (χ0) is 11.2. The van der Waals surface area contributed by atoms with Crippen molar-refractivity contribution >= 4 is 0 Å². The lowest BCUT2D eigenvalue weighted by molar-refractivity contribution is 0.269. The highest BCUT2D eigenvalue weighted by Crippen LogP contribution is 2.26. The molecule has 1 heterocycles. The largest absolute Gasteiger partial charge is 0.313 e. The minimum Gasteiger partial charge on any atom is -0.313 e. The summed E-state index contributed by atoms with van der Waals surface area (Å²) in [6.07, 6.45) is 9.97. The molecule has 1 saturated heterocycles. The molecule has 1 aliphatic heterocycles. The molecule has 2 fully saturated rings. The standard InChI is InChI=1S/C14H28N2/c1-2-13-5-7-14(8-6-13)15-9-12-16-10-3-4-11-16/h13-15H,2-12H2,1H3. The average molecular weight is 224 g/mol. The fraction of sp³-hybridized carbons (Fsp3) is 1.00. The molecule has 0 unspecified atom stereocenters. The Morgan fingerprint density at radius 3 is 2.38 bits per heavy atom. The van der Waals surface area contributed by atoms with Crippen molar-refractivity contribution in [3.05, 3.63) is 0 Å². The number of likely N-dealkylation sites (tertiary alicyclic amines) is 1. The van der Waals surface area contributed by atoms with E-state index in [0.717, 1.165) is 12.0 Å². The van der Waals surface area contributed by atoms with Gasteiger partial charge in [-0.15, -0.1) is 0 Å². The zero-order valence-corrected chi connectivity index (χ0v) is 10.9. The van der Waals surface area contributed by atoms with E-state index in [0.29, 0.717) is 0 Å². The highest BCUT2D eigenvalue weighted by Gasteiger charge is 2.19. The summed E-state index contributed by atoms with van der Waals surface area (Å²) >= 11 is 0. The fourth-order valence-electron chi connectivity index (χ4n) is 3.21. The van der Waals surface area contributed by atoms with Gasteiger partial charge in [-0.05, 0) is 57.5 Å². The van der Waals surface area contributed by atoms with Gasteiger partial charge in [-0.3, -0.25) is 0 Å². The van der Waals surface area contributed by atoms with Crippen LogP contribution in [-0.2, 0) is 0 Å². The van der Waals surface area contributed by atoms with Gasteiger partial charge in [0.1, 0.15) is 0 Å². The van der Waals surface area contributed by atoms with Gasteiger partial charge >= 0.3 is 0 Å². The number of nitrogens with one attached hydrogen (secondary N) is 1. The summed E-state index contributed by atoms with van der Waals surface area (Å²) in [4.78, 5) is 2.60.